The normalized spacial score (nSPS) is 15.7. The van der Waals surface area contributed by atoms with Crippen molar-refractivity contribution in [3.05, 3.63) is 41.5 Å². The lowest BCUT2D eigenvalue weighted by molar-refractivity contribution is -0.131. The lowest BCUT2D eigenvalue weighted by Gasteiger charge is -2.33. The molecule has 4 rings (SSSR count). The Hall–Kier alpha value is -2.43. The van der Waals surface area contributed by atoms with Crippen LogP contribution in [0.5, 0.6) is 5.75 Å². The van der Waals surface area contributed by atoms with E-state index in [1.807, 2.05) is 40.2 Å². The average molecular weight is 435 g/mol. The SMILES string of the molecule is COc1ccc(-c2cn3c(CC(=O)N4CCN(S(C)(=O)=O)CC4)csc3n2)cc1. The number of nitrogens with zero attached hydrogens (tertiary/aromatic N) is 4. The fourth-order valence-corrected chi connectivity index (χ4v) is 5.09. The smallest absolute Gasteiger partial charge is 0.228 e. The number of sulfonamides is 1. The molecule has 0 N–H and O–H groups in total. The second kappa shape index (κ2) is 7.77. The summed E-state index contributed by atoms with van der Waals surface area (Å²) in [5.74, 6) is 0.787. The van der Waals surface area contributed by atoms with Crippen LogP contribution in [0.3, 0.4) is 0 Å². The van der Waals surface area contributed by atoms with Crippen LogP contribution in [0.4, 0.5) is 0 Å². The number of carbonyl (C=O) groups is 1. The van der Waals surface area contributed by atoms with Gasteiger partial charge in [0.25, 0.3) is 0 Å². The number of hydrogen-bond acceptors (Lipinski definition) is 6. The van der Waals surface area contributed by atoms with Gasteiger partial charge in [0.05, 0.1) is 25.5 Å². The van der Waals surface area contributed by atoms with E-state index in [1.165, 1.54) is 21.9 Å². The van der Waals surface area contributed by atoms with Crippen molar-refractivity contribution in [3.63, 3.8) is 0 Å². The monoisotopic (exact) mass is 434 g/mol. The van der Waals surface area contributed by atoms with Gasteiger partial charge in [0.2, 0.25) is 15.9 Å². The number of hydrogen-bond donors (Lipinski definition) is 0. The maximum atomic E-state index is 12.7. The summed E-state index contributed by atoms with van der Waals surface area (Å²) in [6.45, 7) is 1.52. The van der Waals surface area contributed by atoms with Gasteiger partial charge in [-0.1, -0.05) is 0 Å². The molecule has 154 valence electrons. The lowest BCUT2D eigenvalue weighted by Crippen LogP contribution is -2.50. The molecular formula is C19H22N4O4S2. The Balaban J connectivity index is 1.47. The molecule has 2 aromatic heterocycles. The van der Waals surface area contributed by atoms with Gasteiger partial charge in [-0.3, -0.25) is 9.20 Å². The van der Waals surface area contributed by atoms with Crippen molar-refractivity contribution in [2.24, 2.45) is 0 Å². The zero-order valence-electron chi connectivity index (χ0n) is 16.2. The minimum absolute atomic E-state index is 0.00227. The van der Waals surface area contributed by atoms with Crippen LogP contribution in [-0.2, 0) is 21.2 Å². The highest BCUT2D eigenvalue weighted by Crippen LogP contribution is 2.25. The number of ether oxygens (including phenoxy) is 1. The van der Waals surface area contributed by atoms with Crippen LogP contribution in [0.15, 0.2) is 35.8 Å². The van der Waals surface area contributed by atoms with E-state index in [9.17, 15) is 13.2 Å². The van der Waals surface area contributed by atoms with E-state index in [0.29, 0.717) is 26.2 Å². The van der Waals surface area contributed by atoms with E-state index < -0.39 is 10.0 Å². The van der Waals surface area contributed by atoms with Crippen molar-refractivity contribution in [2.45, 2.75) is 6.42 Å². The van der Waals surface area contributed by atoms with E-state index >= 15 is 0 Å². The summed E-state index contributed by atoms with van der Waals surface area (Å²) < 4.78 is 31.8. The van der Waals surface area contributed by atoms with Crippen molar-refractivity contribution in [2.75, 3.05) is 39.5 Å². The molecular weight excluding hydrogens is 412 g/mol. The molecule has 0 radical (unpaired) electrons. The van der Waals surface area contributed by atoms with Gasteiger partial charge in [-0.15, -0.1) is 11.3 Å². The molecule has 1 amide bonds. The van der Waals surface area contributed by atoms with Gasteiger partial charge in [-0.05, 0) is 24.3 Å². The molecule has 0 spiro atoms. The van der Waals surface area contributed by atoms with Gasteiger partial charge in [-0.2, -0.15) is 4.31 Å². The first kappa shape index (κ1) is 19.9. The molecule has 0 saturated carbocycles. The van der Waals surface area contributed by atoms with Crippen LogP contribution in [0.1, 0.15) is 5.69 Å². The molecule has 0 bridgehead atoms. The number of piperazine rings is 1. The molecule has 1 aromatic carbocycles. The Morgan fingerprint density at radius 2 is 1.86 bits per heavy atom. The summed E-state index contributed by atoms with van der Waals surface area (Å²) in [6, 6.07) is 7.70. The largest absolute Gasteiger partial charge is 0.497 e. The molecule has 3 heterocycles. The Morgan fingerprint density at radius 1 is 1.17 bits per heavy atom. The maximum Gasteiger partial charge on any atom is 0.228 e. The molecule has 1 aliphatic heterocycles. The van der Waals surface area contributed by atoms with Crippen LogP contribution in [-0.4, -0.2) is 72.5 Å². The Bertz CT molecular complexity index is 1130. The number of rotatable bonds is 5. The summed E-state index contributed by atoms with van der Waals surface area (Å²) in [4.78, 5) is 19.9. The average Bonchev–Trinajstić information content (AvgIpc) is 3.29. The maximum absolute atomic E-state index is 12.7. The molecule has 10 heteroatoms. The van der Waals surface area contributed by atoms with Crippen molar-refractivity contribution in [3.8, 4) is 17.0 Å². The molecule has 3 aromatic rings. The lowest BCUT2D eigenvalue weighted by atomic mass is 10.1. The highest BCUT2D eigenvalue weighted by atomic mass is 32.2. The van der Waals surface area contributed by atoms with Gasteiger partial charge < -0.3 is 9.64 Å². The van der Waals surface area contributed by atoms with E-state index in [-0.39, 0.29) is 12.3 Å². The minimum Gasteiger partial charge on any atom is -0.497 e. The molecule has 0 unspecified atom stereocenters. The summed E-state index contributed by atoms with van der Waals surface area (Å²) in [6.07, 6.45) is 3.40. The molecule has 29 heavy (non-hydrogen) atoms. The third-order valence-corrected chi connectivity index (χ3v) is 7.25. The zero-order valence-corrected chi connectivity index (χ0v) is 17.9. The summed E-state index contributed by atoms with van der Waals surface area (Å²) >= 11 is 1.50. The van der Waals surface area contributed by atoms with Crippen LogP contribution in [0.2, 0.25) is 0 Å². The second-order valence-corrected chi connectivity index (χ2v) is 9.77. The zero-order chi connectivity index (χ0) is 20.6. The van der Waals surface area contributed by atoms with Crippen LogP contribution in [0, 0.1) is 0 Å². The fraction of sp³-hybridized carbons (Fsp3) is 0.368. The first-order valence-corrected chi connectivity index (χ1v) is 11.9. The number of fused-ring (bicyclic) bond motifs is 1. The van der Waals surface area contributed by atoms with E-state index in [4.69, 9.17) is 4.74 Å². The first-order valence-electron chi connectivity index (χ1n) is 9.18. The number of thiazole rings is 1. The van der Waals surface area contributed by atoms with Crippen LogP contribution >= 0.6 is 11.3 Å². The molecule has 0 atom stereocenters. The van der Waals surface area contributed by atoms with Gasteiger partial charge in [0, 0.05) is 49.0 Å². The quantitative estimate of drug-likeness (QED) is 0.611. The highest BCUT2D eigenvalue weighted by molar-refractivity contribution is 7.88. The van der Waals surface area contributed by atoms with E-state index in [0.717, 1.165) is 27.7 Å². The number of amides is 1. The predicted octanol–water partition coefficient (Wildman–Crippen LogP) is 1.72. The van der Waals surface area contributed by atoms with Crippen molar-refractivity contribution in [1.82, 2.24) is 18.6 Å². The molecule has 1 saturated heterocycles. The van der Waals surface area contributed by atoms with Crippen molar-refractivity contribution < 1.29 is 17.9 Å². The van der Waals surface area contributed by atoms with Crippen molar-refractivity contribution in [1.29, 1.82) is 0 Å². The summed E-state index contributed by atoms with van der Waals surface area (Å²) in [5.41, 5.74) is 2.71. The van der Waals surface area contributed by atoms with E-state index in [1.54, 1.807) is 12.0 Å². The predicted molar refractivity (Wildman–Crippen MR) is 112 cm³/mol. The molecule has 8 nitrogen and oxygen atoms in total. The topological polar surface area (TPSA) is 84.2 Å². The number of methoxy groups -OCH3 is 1. The number of aromatic nitrogens is 2. The van der Waals surface area contributed by atoms with Crippen LogP contribution < -0.4 is 4.74 Å². The van der Waals surface area contributed by atoms with Crippen molar-refractivity contribution >= 4 is 32.2 Å². The first-order chi connectivity index (χ1) is 13.8. The number of carbonyl (C=O) groups excluding carboxylic acids is 1. The molecule has 1 aliphatic rings. The Morgan fingerprint density at radius 3 is 2.48 bits per heavy atom. The van der Waals surface area contributed by atoms with Gasteiger partial charge in [-0.25, -0.2) is 13.4 Å². The van der Waals surface area contributed by atoms with Crippen LogP contribution in [0.25, 0.3) is 16.2 Å². The highest BCUT2D eigenvalue weighted by Gasteiger charge is 2.26. The molecule has 1 fully saturated rings. The third kappa shape index (κ3) is 4.14. The fourth-order valence-electron chi connectivity index (χ4n) is 3.39. The van der Waals surface area contributed by atoms with Gasteiger partial charge in [0.1, 0.15) is 5.75 Å². The summed E-state index contributed by atoms with van der Waals surface area (Å²) in [5, 5.41) is 1.95. The second-order valence-electron chi connectivity index (χ2n) is 6.95. The third-order valence-electron chi connectivity index (χ3n) is 5.06. The minimum atomic E-state index is -3.21. The van der Waals surface area contributed by atoms with E-state index in [2.05, 4.69) is 4.98 Å². The Kier molecular flexibility index (Phi) is 5.32. The summed E-state index contributed by atoms with van der Waals surface area (Å²) in [7, 11) is -1.57. The van der Waals surface area contributed by atoms with Gasteiger partial charge in [0.15, 0.2) is 4.96 Å². The number of imidazole rings is 1. The molecule has 0 aliphatic carbocycles. The number of benzene rings is 1. The van der Waals surface area contributed by atoms with Gasteiger partial charge >= 0.3 is 0 Å². The Labute approximate surface area is 173 Å². The standard InChI is InChI=1S/C19H22N4O4S2/c1-27-16-5-3-14(4-6-16)17-12-23-15(13-28-19(23)20-17)11-18(24)21-7-9-22(10-8-21)29(2,25)26/h3-6,12-13H,7-11H2,1-2H3.